The second kappa shape index (κ2) is 26.5. The summed E-state index contributed by atoms with van der Waals surface area (Å²) in [4.78, 5) is 88.6. The minimum Gasteiger partial charge on any atom is -0.481 e. The van der Waals surface area contributed by atoms with Gasteiger partial charge in [0.25, 0.3) is 0 Å². The standard InChI is InChI=1S/C69H116O17/c1-22-26-27-28-29-41(5)82-55(72)44(60(6,7)38-61(8,9)57(75)86-49-32-43-30-31-67(49,19)65(43,16)17)33-62(10,11)68(20,58(76)84-47-36-79-50-45(70)34-78-51(47)50)40-64(14,15)69(21,39-63(12,13)66(18,25-4)56(73)74)59(77)85-48-37-81-52-46(35-80-53(48)52)83-54(71)42(23-2)24-3/h41-53,70H,22-40H2,1-21H3,(H,73,74). The highest BCUT2D eigenvalue weighted by atomic mass is 16.7. The van der Waals surface area contributed by atoms with Crippen molar-refractivity contribution in [2.75, 3.05) is 26.4 Å². The zero-order valence-electron chi connectivity index (χ0n) is 57.0. The van der Waals surface area contributed by atoms with Crippen molar-refractivity contribution in [1.82, 2.24) is 0 Å². The van der Waals surface area contributed by atoms with E-state index in [4.69, 9.17) is 42.6 Å². The Bertz CT molecular complexity index is 2410. The van der Waals surface area contributed by atoms with Crippen LogP contribution in [0.4, 0.5) is 0 Å². The van der Waals surface area contributed by atoms with Crippen LogP contribution in [0.1, 0.15) is 242 Å². The summed E-state index contributed by atoms with van der Waals surface area (Å²) in [5.41, 5.74) is -10.2. The average molecular weight is 1220 g/mol. The van der Waals surface area contributed by atoms with Crippen molar-refractivity contribution in [3.63, 3.8) is 0 Å². The number of esters is 5. The van der Waals surface area contributed by atoms with E-state index in [9.17, 15) is 24.6 Å². The molecule has 0 aromatic carbocycles. The van der Waals surface area contributed by atoms with Crippen LogP contribution in [0.2, 0.25) is 0 Å². The SMILES string of the molecule is CCCCCCC(C)OC(=O)C(CC(C)(C)C(C)(CC(C)(C)C(C)(CC(C)(C)C(C)(CC)C(=O)O)C(=O)OC1COC2C(OC(=O)C(CC)CC)COC12)C(=O)OC1COC2C(O)COC12)C(C)(C)CC(C)(C)C(=O)OC1CC2CCC1(C)C2(C)C. The fraction of sp³-hybridized carbons (Fsp3) is 0.913. The van der Waals surface area contributed by atoms with E-state index in [2.05, 4.69) is 27.7 Å². The first-order valence-electron chi connectivity index (χ1n) is 33.0. The number of rotatable bonds is 31. The zero-order valence-corrected chi connectivity index (χ0v) is 57.0. The van der Waals surface area contributed by atoms with Gasteiger partial charge in [-0.2, -0.15) is 0 Å². The lowest BCUT2D eigenvalue weighted by Gasteiger charge is -2.55. The third-order valence-corrected chi connectivity index (χ3v) is 24.3. The summed E-state index contributed by atoms with van der Waals surface area (Å²) >= 11 is 0. The van der Waals surface area contributed by atoms with Crippen LogP contribution in [0.3, 0.4) is 0 Å². The number of aliphatic hydroxyl groups excluding tert-OH is 1. The Labute approximate surface area is 516 Å². The third kappa shape index (κ3) is 13.8. The van der Waals surface area contributed by atoms with E-state index in [1.807, 2.05) is 104 Å². The molecule has 4 heterocycles. The van der Waals surface area contributed by atoms with Crippen LogP contribution in [-0.4, -0.2) is 133 Å². The van der Waals surface area contributed by atoms with E-state index in [-0.39, 0.29) is 93.3 Å². The van der Waals surface area contributed by atoms with Crippen LogP contribution in [0.25, 0.3) is 0 Å². The Kier molecular flexibility index (Phi) is 22.0. The van der Waals surface area contributed by atoms with Crippen molar-refractivity contribution < 1.29 is 81.6 Å². The first-order valence-corrected chi connectivity index (χ1v) is 33.0. The summed E-state index contributed by atoms with van der Waals surface area (Å²) in [6, 6.07) is 0. The molecule has 6 fully saturated rings. The molecule has 2 saturated carbocycles. The number of hydrogen-bond donors (Lipinski definition) is 2. The number of carboxylic acid groups (broad SMARTS) is 1. The Morgan fingerprint density at radius 3 is 1.55 bits per heavy atom. The molecule has 17 heteroatoms. The third-order valence-electron chi connectivity index (χ3n) is 24.3. The topological polar surface area (TPSA) is 226 Å². The Hall–Kier alpha value is -3.38. The van der Waals surface area contributed by atoms with Crippen LogP contribution < -0.4 is 0 Å². The molecule has 2 bridgehead atoms. The predicted molar refractivity (Wildman–Crippen MR) is 325 cm³/mol. The number of carboxylic acids is 1. The number of unbranched alkanes of at least 4 members (excludes halogenated alkanes) is 3. The van der Waals surface area contributed by atoms with Gasteiger partial charge in [-0.15, -0.1) is 0 Å². The molecule has 16 unspecified atom stereocenters. The van der Waals surface area contributed by atoms with Crippen molar-refractivity contribution >= 4 is 35.8 Å². The molecule has 6 aliphatic rings. The van der Waals surface area contributed by atoms with E-state index in [0.29, 0.717) is 25.2 Å². The van der Waals surface area contributed by atoms with Crippen LogP contribution >= 0.6 is 0 Å². The number of fused-ring (bicyclic) bond motifs is 4. The molecule has 4 aliphatic heterocycles. The molecular formula is C69H116O17. The van der Waals surface area contributed by atoms with Crippen molar-refractivity contribution in [2.45, 2.75) is 303 Å². The monoisotopic (exact) mass is 1220 g/mol. The highest BCUT2D eigenvalue weighted by Crippen LogP contribution is 2.67. The second-order valence-electron chi connectivity index (χ2n) is 32.2. The molecule has 0 spiro atoms. The number of carbonyl (C=O) groups excluding carboxylic acids is 5. The van der Waals surface area contributed by atoms with Gasteiger partial charge in [0.2, 0.25) is 0 Å². The Morgan fingerprint density at radius 2 is 1.07 bits per heavy atom. The van der Waals surface area contributed by atoms with Gasteiger partial charge in [-0.25, -0.2) is 0 Å². The molecule has 86 heavy (non-hydrogen) atoms. The lowest BCUT2D eigenvalue weighted by molar-refractivity contribution is -0.193. The van der Waals surface area contributed by atoms with Crippen molar-refractivity contribution in [2.24, 2.45) is 71.9 Å². The summed E-state index contributed by atoms with van der Waals surface area (Å²) in [7, 11) is 0. The Morgan fingerprint density at radius 1 is 0.581 bits per heavy atom. The van der Waals surface area contributed by atoms with E-state index in [1.165, 1.54) is 0 Å². The molecule has 2 N–H and O–H groups in total. The minimum absolute atomic E-state index is 0.00335. The van der Waals surface area contributed by atoms with Gasteiger partial charge in [0, 0.05) is 5.41 Å². The lowest BCUT2D eigenvalue weighted by atomic mass is 9.48. The molecular weight excluding hydrogens is 1100 g/mol. The van der Waals surface area contributed by atoms with E-state index in [1.54, 1.807) is 13.8 Å². The molecule has 4 saturated heterocycles. The molecule has 494 valence electrons. The van der Waals surface area contributed by atoms with Crippen molar-refractivity contribution in [3.05, 3.63) is 0 Å². The molecule has 0 aromatic rings. The van der Waals surface area contributed by atoms with Gasteiger partial charge in [-0.3, -0.25) is 28.8 Å². The smallest absolute Gasteiger partial charge is 0.312 e. The summed E-state index contributed by atoms with van der Waals surface area (Å²) in [6.07, 6.45) is 2.25. The minimum atomic E-state index is -1.58. The van der Waals surface area contributed by atoms with Gasteiger partial charge in [-0.05, 0) is 152 Å². The first-order chi connectivity index (χ1) is 39.6. The van der Waals surface area contributed by atoms with Crippen LogP contribution in [-0.2, 0) is 71.4 Å². The maximum Gasteiger partial charge on any atom is 0.312 e. The lowest BCUT2D eigenvalue weighted by Crippen LogP contribution is -2.56. The van der Waals surface area contributed by atoms with Gasteiger partial charge < -0.3 is 52.8 Å². The molecule has 17 nitrogen and oxygen atoms in total. The maximum absolute atomic E-state index is 16.0. The largest absolute Gasteiger partial charge is 0.481 e. The van der Waals surface area contributed by atoms with Gasteiger partial charge in [0.15, 0.2) is 18.3 Å². The molecule has 0 aromatic heterocycles. The number of aliphatic hydroxyl groups is 1. The van der Waals surface area contributed by atoms with E-state index in [0.717, 1.165) is 44.9 Å². The molecule has 0 radical (unpaired) electrons. The number of ether oxygens (including phenoxy) is 9. The summed E-state index contributed by atoms with van der Waals surface area (Å²) in [5, 5.41) is 21.8. The highest BCUT2D eigenvalue weighted by molar-refractivity contribution is 5.82. The quantitative estimate of drug-likeness (QED) is 0.0374. The Balaban J connectivity index is 1.41. The number of carbonyl (C=O) groups is 6. The highest BCUT2D eigenvalue weighted by Gasteiger charge is 2.66. The van der Waals surface area contributed by atoms with E-state index >= 15 is 14.4 Å². The molecule has 6 rings (SSSR count). The van der Waals surface area contributed by atoms with Crippen LogP contribution in [0.5, 0.6) is 0 Å². The van der Waals surface area contributed by atoms with Gasteiger partial charge in [0.1, 0.15) is 36.6 Å². The zero-order chi connectivity index (χ0) is 64.8. The normalized spacial score (nSPS) is 31.0. The average Bonchev–Trinajstić information content (AvgIpc) is 1.37. The summed E-state index contributed by atoms with van der Waals surface area (Å²) in [6.45, 7) is 41.0. The first kappa shape index (κ1) is 71.7. The van der Waals surface area contributed by atoms with Gasteiger partial charge in [-0.1, -0.05) is 123 Å². The van der Waals surface area contributed by atoms with E-state index < -0.39 is 128 Å². The van der Waals surface area contributed by atoms with Crippen molar-refractivity contribution in [3.8, 4) is 0 Å². The second-order valence-corrected chi connectivity index (χ2v) is 32.2. The van der Waals surface area contributed by atoms with Crippen LogP contribution in [0, 0.1) is 71.9 Å². The number of hydrogen-bond acceptors (Lipinski definition) is 16. The number of aliphatic carboxylic acids is 1. The maximum atomic E-state index is 16.0. The predicted octanol–water partition coefficient (Wildman–Crippen LogP) is 12.6. The van der Waals surface area contributed by atoms with Gasteiger partial charge >= 0.3 is 35.8 Å². The van der Waals surface area contributed by atoms with Crippen LogP contribution in [0.15, 0.2) is 0 Å². The molecule has 2 aliphatic carbocycles. The van der Waals surface area contributed by atoms with Crippen molar-refractivity contribution in [1.29, 1.82) is 0 Å². The summed E-state index contributed by atoms with van der Waals surface area (Å²) < 4.78 is 56.6. The molecule has 0 amide bonds. The summed E-state index contributed by atoms with van der Waals surface area (Å²) in [5.74, 6) is -4.17. The molecule has 16 atom stereocenters. The fourth-order valence-electron chi connectivity index (χ4n) is 16.4. The fourth-order valence-corrected chi connectivity index (χ4v) is 16.4. The van der Waals surface area contributed by atoms with Gasteiger partial charge in [0.05, 0.1) is 66.0 Å².